The monoisotopic (exact) mass is 170 g/mol. The van der Waals surface area contributed by atoms with E-state index in [2.05, 4.69) is 20.8 Å². The van der Waals surface area contributed by atoms with Crippen molar-refractivity contribution < 1.29 is 5.11 Å². The van der Waals surface area contributed by atoms with Gasteiger partial charge in [-0.1, -0.05) is 33.6 Å². The van der Waals surface area contributed by atoms with Gasteiger partial charge in [0.05, 0.1) is 6.10 Å². The summed E-state index contributed by atoms with van der Waals surface area (Å²) in [5.74, 6) is 0.734. The summed E-state index contributed by atoms with van der Waals surface area (Å²) in [5, 5.41) is 9.88. The minimum atomic E-state index is -0.0394. The highest BCUT2D eigenvalue weighted by Gasteiger charge is 2.44. The Morgan fingerprint density at radius 3 is 2.08 bits per heavy atom. The summed E-state index contributed by atoms with van der Waals surface area (Å²) in [4.78, 5) is 0. The van der Waals surface area contributed by atoms with Crippen LogP contribution >= 0.6 is 0 Å². The Hall–Kier alpha value is -0.0400. The Labute approximate surface area is 76.2 Å². The zero-order valence-electron chi connectivity index (χ0n) is 8.64. The van der Waals surface area contributed by atoms with Crippen LogP contribution in [0.4, 0.5) is 0 Å². The molecule has 0 aliphatic heterocycles. The Morgan fingerprint density at radius 2 is 1.75 bits per heavy atom. The van der Waals surface area contributed by atoms with Crippen LogP contribution in [0.5, 0.6) is 0 Å². The molecule has 0 spiro atoms. The molecule has 1 rings (SSSR count). The summed E-state index contributed by atoms with van der Waals surface area (Å²) in [7, 11) is 0. The quantitative estimate of drug-likeness (QED) is 0.672. The third-order valence-corrected chi connectivity index (χ3v) is 3.55. The standard InChI is InChI=1S/C11H22O/c1-4-9(5-2)8-10(12)11(3)6-7-11/h9-10,12H,4-8H2,1-3H3. The van der Waals surface area contributed by atoms with Crippen molar-refractivity contribution in [2.45, 2.75) is 59.0 Å². The highest BCUT2D eigenvalue weighted by molar-refractivity contribution is 4.95. The molecular formula is C11H22O. The van der Waals surface area contributed by atoms with Gasteiger partial charge < -0.3 is 5.11 Å². The van der Waals surface area contributed by atoms with E-state index in [1.165, 1.54) is 25.7 Å². The van der Waals surface area contributed by atoms with Crippen molar-refractivity contribution in [1.29, 1.82) is 0 Å². The molecular weight excluding hydrogens is 148 g/mol. The van der Waals surface area contributed by atoms with Crippen molar-refractivity contribution in [1.82, 2.24) is 0 Å². The molecule has 1 aliphatic carbocycles. The molecule has 1 saturated carbocycles. The smallest absolute Gasteiger partial charge is 0.0596 e. The van der Waals surface area contributed by atoms with Crippen LogP contribution in [0.3, 0.4) is 0 Å². The topological polar surface area (TPSA) is 20.2 Å². The SMILES string of the molecule is CCC(CC)CC(O)C1(C)CC1. The van der Waals surface area contributed by atoms with E-state index >= 15 is 0 Å². The zero-order chi connectivity index (χ0) is 9.19. The summed E-state index contributed by atoms with van der Waals surface area (Å²) in [6.07, 6.45) is 5.86. The van der Waals surface area contributed by atoms with Gasteiger partial charge in [0.15, 0.2) is 0 Å². The van der Waals surface area contributed by atoms with Gasteiger partial charge >= 0.3 is 0 Å². The molecule has 1 unspecified atom stereocenters. The van der Waals surface area contributed by atoms with E-state index in [1.807, 2.05) is 0 Å². The molecule has 1 nitrogen and oxygen atoms in total. The first-order valence-corrected chi connectivity index (χ1v) is 5.30. The second-order valence-electron chi connectivity index (χ2n) is 4.59. The third-order valence-electron chi connectivity index (χ3n) is 3.55. The number of hydrogen-bond acceptors (Lipinski definition) is 1. The van der Waals surface area contributed by atoms with Crippen LogP contribution in [-0.2, 0) is 0 Å². The fraction of sp³-hybridized carbons (Fsp3) is 1.00. The summed E-state index contributed by atoms with van der Waals surface area (Å²) >= 11 is 0. The lowest BCUT2D eigenvalue weighted by Gasteiger charge is -2.22. The van der Waals surface area contributed by atoms with Crippen LogP contribution < -0.4 is 0 Å². The molecule has 0 aromatic rings. The van der Waals surface area contributed by atoms with E-state index < -0.39 is 0 Å². The molecule has 1 atom stereocenters. The Morgan fingerprint density at radius 1 is 1.25 bits per heavy atom. The van der Waals surface area contributed by atoms with Crippen molar-refractivity contribution in [3.63, 3.8) is 0 Å². The molecule has 0 aromatic heterocycles. The summed E-state index contributed by atoms with van der Waals surface area (Å²) in [6.45, 7) is 6.65. The van der Waals surface area contributed by atoms with Crippen molar-refractivity contribution in [3.8, 4) is 0 Å². The number of aliphatic hydroxyl groups excluding tert-OH is 1. The van der Waals surface area contributed by atoms with Crippen molar-refractivity contribution in [2.24, 2.45) is 11.3 Å². The van der Waals surface area contributed by atoms with E-state index in [0.717, 1.165) is 12.3 Å². The van der Waals surface area contributed by atoms with Crippen LogP contribution in [0.2, 0.25) is 0 Å². The maximum atomic E-state index is 9.88. The minimum Gasteiger partial charge on any atom is -0.393 e. The normalized spacial score (nSPS) is 22.8. The van der Waals surface area contributed by atoms with Gasteiger partial charge in [-0.3, -0.25) is 0 Å². The van der Waals surface area contributed by atoms with E-state index in [9.17, 15) is 5.11 Å². The van der Waals surface area contributed by atoms with Gasteiger partial charge in [-0.25, -0.2) is 0 Å². The van der Waals surface area contributed by atoms with Gasteiger partial charge in [-0.2, -0.15) is 0 Å². The molecule has 0 radical (unpaired) electrons. The van der Waals surface area contributed by atoms with Gasteiger partial charge in [0.2, 0.25) is 0 Å². The van der Waals surface area contributed by atoms with Crippen LogP contribution in [0, 0.1) is 11.3 Å². The van der Waals surface area contributed by atoms with E-state index in [4.69, 9.17) is 0 Å². The molecule has 1 aliphatic rings. The predicted octanol–water partition coefficient (Wildman–Crippen LogP) is 2.97. The highest BCUT2D eigenvalue weighted by Crippen LogP contribution is 2.49. The van der Waals surface area contributed by atoms with Crippen LogP contribution in [-0.4, -0.2) is 11.2 Å². The van der Waals surface area contributed by atoms with Crippen LogP contribution in [0.15, 0.2) is 0 Å². The summed E-state index contributed by atoms with van der Waals surface area (Å²) in [5.41, 5.74) is 0.294. The fourth-order valence-corrected chi connectivity index (χ4v) is 1.75. The lowest BCUT2D eigenvalue weighted by Crippen LogP contribution is -2.22. The molecule has 1 fully saturated rings. The fourth-order valence-electron chi connectivity index (χ4n) is 1.75. The van der Waals surface area contributed by atoms with Crippen LogP contribution in [0.1, 0.15) is 52.9 Å². The Kier molecular flexibility index (Phi) is 3.16. The van der Waals surface area contributed by atoms with Gasteiger partial charge in [0.1, 0.15) is 0 Å². The lowest BCUT2D eigenvalue weighted by atomic mass is 9.89. The third kappa shape index (κ3) is 2.22. The average molecular weight is 170 g/mol. The zero-order valence-corrected chi connectivity index (χ0v) is 8.64. The molecule has 0 heterocycles. The molecule has 1 N–H and O–H groups in total. The van der Waals surface area contributed by atoms with Crippen molar-refractivity contribution in [2.75, 3.05) is 0 Å². The first-order chi connectivity index (χ1) is 5.62. The molecule has 12 heavy (non-hydrogen) atoms. The van der Waals surface area contributed by atoms with Gasteiger partial charge in [0, 0.05) is 0 Å². The molecule has 1 heteroatoms. The predicted molar refractivity (Wildman–Crippen MR) is 52.0 cm³/mol. The first kappa shape index (κ1) is 10.0. The summed E-state index contributed by atoms with van der Waals surface area (Å²) < 4.78 is 0. The molecule has 0 bridgehead atoms. The Balaban J connectivity index is 2.29. The minimum absolute atomic E-state index is 0.0394. The van der Waals surface area contributed by atoms with E-state index in [1.54, 1.807) is 0 Å². The summed E-state index contributed by atoms with van der Waals surface area (Å²) in [6, 6.07) is 0. The molecule has 0 aromatic carbocycles. The van der Waals surface area contributed by atoms with Crippen molar-refractivity contribution in [3.05, 3.63) is 0 Å². The lowest BCUT2D eigenvalue weighted by molar-refractivity contribution is 0.0752. The highest BCUT2D eigenvalue weighted by atomic mass is 16.3. The number of rotatable bonds is 5. The maximum absolute atomic E-state index is 9.88. The van der Waals surface area contributed by atoms with Gasteiger partial charge in [-0.05, 0) is 30.6 Å². The second-order valence-corrected chi connectivity index (χ2v) is 4.59. The largest absolute Gasteiger partial charge is 0.393 e. The average Bonchev–Trinajstić information content (AvgIpc) is 2.80. The van der Waals surface area contributed by atoms with E-state index in [-0.39, 0.29) is 6.10 Å². The van der Waals surface area contributed by atoms with Crippen LogP contribution in [0.25, 0.3) is 0 Å². The molecule has 0 saturated heterocycles. The first-order valence-electron chi connectivity index (χ1n) is 5.30. The maximum Gasteiger partial charge on any atom is 0.0596 e. The van der Waals surface area contributed by atoms with Gasteiger partial charge in [-0.15, -0.1) is 0 Å². The van der Waals surface area contributed by atoms with Crippen molar-refractivity contribution >= 4 is 0 Å². The number of aliphatic hydroxyl groups is 1. The van der Waals surface area contributed by atoms with E-state index in [0.29, 0.717) is 5.41 Å². The Bertz CT molecular complexity index is 134. The molecule has 0 amide bonds. The number of hydrogen-bond donors (Lipinski definition) is 1. The second kappa shape index (κ2) is 3.78. The molecule has 72 valence electrons. The van der Waals surface area contributed by atoms with Gasteiger partial charge in [0.25, 0.3) is 0 Å².